The number of benzene rings is 1. The van der Waals surface area contributed by atoms with Gasteiger partial charge in [0.1, 0.15) is 16.5 Å². The van der Waals surface area contributed by atoms with Crippen molar-refractivity contribution in [3.05, 3.63) is 46.6 Å². The monoisotopic (exact) mass is 471 g/mol. The molecule has 32 heavy (non-hydrogen) atoms. The summed E-state index contributed by atoms with van der Waals surface area (Å²) in [6, 6.07) is 8.71. The number of nitrogens with zero attached hydrogens (tertiary/aromatic N) is 5. The lowest BCUT2D eigenvalue weighted by Crippen LogP contribution is -2.49. The number of anilines is 1. The van der Waals surface area contributed by atoms with Crippen LogP contribution in [-0.2, 0) is 29.4 Å². The van der Waals surface area contributed by atoms with E-state index in [0.29, 0.717) is 37.6 Å². The van der Waals surface area contributed by atoms with Gasteiger partial charge in [0, 0.05) is 31.1 Å². The molecule has 7 nitrogen and oxygen atoms in total. The number of thiophene rings is 1. The molecule has 0 amide bonds. The zero-order chi connectivity index (χ0) is 22.3. The fourth-order valence-corrected chi connectivity index (χ4v) is 7.36. The molecule has 0 bridgehead atoms. The van der Waals surface area contributed by atoms with Crippen LogP contribution in [0.1, 0.15) is 29.1 Å². The predicted molar refractivity (Wildman–Crippen MR) is 129 cm³/mol. The molecular formula is C23H29N5O2S2. The Labute approximate surface area is 193 Å². The number of sulfonamides is 1. The van der Waals surface area contributed by atoms with E-state index in [2.05, 4.69) is 9.80 Å². The summed E-state index contributed by atoms with van der Waals surface area (Å²) in [7, 11) is 0.587. The molecule has 0 radical (unpaired) electrons. The molecule has 5 rings (SSSR count). The molecule has 0 unspecified atom stereocenters. The van der Waals surface area contributed by atoms with Crippen molar-refractivity contribution < 1.29 is 8.42 Å². The fourth-order valence-electron chi connectivity index (χ4n) is 4.65. The Morgan fingerprint density at radius 3 is 2.44 bits per heavy atom. The Bertz CT molecular complexity index is 1220. The van der Waals surface area contributed by atoms with Crippen LogP contribution in [0.5, 0.6) is 0 Å². The Kier molecular flexibility index (Phi) is 5.92. The van der Waals surface area contributed by atoms with Crippen LogP contribution in [0.2, 0.25) is 0 Å². The average molecular weight is 472 g/mol. The number of hydrogen-bond acceptors (Lipinski definition) is 7. The minimum atomic E-state index is -3.47. The lowest BCUT2D eigenvalue weighted by molar-refractivity contribution is 0.381. The van der Waals surface area contributed by atoms with E-state index in [4.69, 9.17) is 9.97 Å². The van der Waals surface area contributed by atoms with Gasteiger partial charge in [-0.25, -0.2) is 18.4 Å². The number of fused-ring (bicyclic) bond motifs is 3. The van der Waals surface area contributed by atoms with E-state index in [-0.39, 0.29) is 0 Å². The number of aromatic nitrogens is 2. The second-order valence-corrected chi connectivity index (χ2v) is 11.8. The van der Waals surface area contributed by atoms with Gasteiger partial charge < -0.3 is 9.80 Å². The molecule has 3 aromatic rings. The second kappa shape index (κ2) is 8.70. The zero-order valence-corrected chi connectivity index (χ0v) is 20.3. The van der Waals surface area contributed by atoms with Gasteiger partial charge in [0.05, 0.1) is 16.8 Å². The minimum absolute atomic E-state index is 0.359. The highest BCUT2D eigenvalue weighted by Gasteiger charge is 2.31. The molecule has 0 spiro atoms. The lowest BCUT2D eigenvalue weighted by Gasteiger charge is -2.35. The number of hydrogen-bond donors (Lipinski definition) is 0. The number of aryl methyl sites for hydroxylation is 2. The SMILES string of the molecule is CN(C)Cc1nc(N2CCN(S(=O)(=O)c3ccccc3)CC2)c2c3c(sc2n1)CCCC3. The van der Waals surface area contributed by atoms with Gasteiger partial charge in [0.25, 0.3) is 0 Å². The van der Waals surface area contributed by atoms with E-state index >= 15 is 0 Å². The Morgan fingerprint density at radius 1 is 1.00 bits per heavy atom. The van der Waals surface area contributed by atoms with Crippen molar-refractivity contribution in [1.82, 2.24) is 19.2 Å². The maximum absolute atomic E-state index is 13.0. The van der Waals surface area contributed by atoms with E-state index in [9.17, 15) is 8.42 Å². The van der Waals surface area contributed by atoms with Crippen LogP contribution in [-0.4, -0.2) is 67.9 Å². The third-order valence-electron chi connectivity index (χ3n) is 6.22. The summed E-state index contributed by atoms with van der Waals surface area (Å²) in [6.07, 6.45) is 4.66. The van der Waals surface area contributed by atoms with Crippen LogP contribution in [0, 0.1) is 0 Å². The van der Waals surface area contributed by atoms with Gasteiger partial charge >= 0.3 is 0 Å². The first-order valence-electron chi connectivity index (χ1n) is 11.2. The number of piperazine rings is 1. The molecule has 3 heterocycles. The van der Waals surface area contributed by atoms with E-state index < -0.39 is 10.0 Å². The molecular weight excluding hydrogens is 442 g/mol. The van der Waals surface area contributed by atoms with Crippen LogP contribution in [0.25, 0.3) is 10.2 Å². The highest BCUT2D eigenvalue weighted by Crippen LogP contribution is 2.40. The largest absolute Gasteiger partial charge is 0.353 e. The van der Waals surface area contributed by atoms with Gasteiger partial charge in [0.15, 0.2) is 0 Å². The maximum Gasteiger partial charge on any atom is 0.243 e. The first-order valence-corrected chi connectivity index (χ1v) is 13.4. The van der Waals surface area contributed by atoms with Gasteiger partial charge in [-0.3, -0.25) is 0 Å². The standard InChI is InChI=1S/C23H29N5O2S2/c1-26(2)16-20-24-22(21-18-10-6-7-11-19(18)31-23(21)25-20)27-12-14-28(15-13-27)32(29,30)17-8-4-3-5-9-17/h3-5,8-9H,6-7,10-16H2,1-2H3. The first kappa shape index (κ1) is 21.8. The van der Waals surface area contributed by atoms with Crippen LogP contribution >= 0.6 is 11.3 Å². The lowest BCUT2D eigenvalue weighted by atomic mass is 9.97. The smallest absolute Gasteiger partial charge is 0.243 e. The van der Waals surface area contributed by atoms with Gasteiger partial charge in [0.2, 0.25) is 10.0 Å². The van der Waals surface area contributed by atoms with Crippen LogP contribution in [0.3, 0.4) is 0 Å². The van der Waals surface area contributed by atoms with Gasteiger partial charge in [-0.2, -0.15) is 4.31 Å². The molecule has 170 valence electrons. The topological polar surface area (TPSA) is 69.6 Å². The molecule has 1 saturated heterocycles. The van der Waals surface area contributed by atoms with Gasteiger partial charge in [-0.1, -0.05) is 18.2 Å². The van der Waals surface area contributed by atoms with Crippen molar-refractivity contribution in [2.45, 2.75) is 37.1 Å². The predicted octanol–water partition coefficient (Wildman–Crippen LogP) is 3.14. The molecule has 1 fully saturated rings. The van der Waals surface area contributed by atoms with Crippen molar-refractivity contribution in [3.63, 3.8) is 0 Å². The van der Waals surface area contributed by atoms with E-state index in [1.807, 2.05) is 31.5 Å². The van der Waals surface area contributed by atoms with E-state index in [0.717, 1.165) is 29.3 Å². The molecule has 0 N–H and O–H groups in total. The molecule has 2 aromatic heterocycles. The summed E-state index contributed by atoms with van der Waals surface area (Å²) in [4.78, 5) is 17.2. The third kappa shape index (κ3) is 4.03. The first-order chi connectivity index (χ1) is 15.4. The van der Waals surface area contributed by atoms with Crippen molar-refractivity contribution in [1.29, 1.82) is 0 Å². The molecule has 1 aliphatic heterocycles. The molecule has 0 atom stereocenters. The van der Waals surface area contributed by atoms with Crippen LogP contribution in [0.15, 0.2) is 35.2 Å². The summed E-state index contributed by atoms with van der Waals surface area (Å²) < 4.78 is 27.7. The van der Waals surface area contributed by atoms with Crippen molar-refractivity contribution in [2.75, 3.05) is 45.2 Å². The Balaban J connectivity index is 1.46. The highest BCUT2D eigenvalue weighted by atomic mass is 32.2. The average Bonchev–Trinajstić information content (AvgIpc) is 3.17. The third-order valence-corrected chi connectivity index (χ3v) is 9.32. The summed E-state index contributed by atoms with van der Waals surface area (Å²) in [6.45, 7) is 2.86. The van der Waals surface area contributed by atoms with E-state index in [1.54, 1.807) is 28.6 Å². The van der Waals surface area contributed by atoms with Crippen LogP contribution < -0.4 is 4.90 Å². The van der Waals surface area contributed by atoms with E-state index in [1.165, 1.54) is 28.7 Å². The van der Waals surface area contributed by atoms with Crippen molar-refractivity contribution >= 4 is 37.4 Å². The van der Waals surface area contributed by atoms with Crippen molar-refractivity contribution in [2.24, 2.45) is 0 Å². The second-order valence-electron chi connectivity index (χ2n) is 8.80. The summed E-state index contributed by atoms with van der Waals surface area (Å²) in [5, 5.41) is 1.20. The van der Waals surface area contributed by atoms with Gasteiger partial charge in [-0.15, -0.1) is 11.3 Å². The Morgan fingerprint density at radius 2 is 1.72 bits per heavy atom. The molecule has 0 saturated carbocycles. The van der Waals surface area contributed by atoms with Gasteiger partial charge in [-0.05, 0) is 57.5 Å². The highest BCUT2D eigenvalue weighted by molar-refractivity contribution is 7.89. The summed E-state index contributed by atoms with van der Waals surface area (Å²) in [5.41, 5.74) is 1.42. The Hall–Kier alpha value is -2.07. The number of rotatable bonds is 5. The molecule has 1 aliphatic carbocycles. The summed E-state index contributed by atoms with van der Waals surface area (Å²) in [5.74, 6) is 1.82. The molecule has 9 heteroatoms. The normalized spacial score (nSPS) is 17.8. The summed E-state index contributed by atoms with van der Waals surface area (Å²) >= 11 is 1.82. The molecule has 1 aromatic carbocycles. The zero-order valence-electron chi connectivity index (χ0n) is 18.6. The van der Waals surface area contributed by atoms with Crippen molar-refractivity contribution in [3.8, 4) is 0 Å². The maximum atomic E-state index is 13.0. The quantitative estimate of drug-likeness (QED) is 0.569. The van der Waals surface area contributed by atoms with Crippen LogP contribution in [0.4, 0.5) is 5.82 Å². The fraction of sp³-hybridized carbons (Fsp3) is 0.478. The minimum Gasteiger partial charge on any atom is -0.353 e. The molecule has 2 aliphatic rings.